The molecular formula is C15H11ClN2O3S. The van der Waals surface area contributed by atoms with Gasteiger partial charge < -0.3 is 15.4 Å². The Hall–Kier alpha value is -2.31. The van der Waals surface area contributed by atoms with E-state index in [2.05, 4.69) is 10.3 Å². The molecule has 0 bridgehead atoms. The molecule has 0 aliphatic heterocycles. The summed E-state index contributed by atoms with van der Waals surface area (Å²) in [6.45, 7) is 1.87. The second-order valence-corrected chi connectivity index (χ2v) is 6.10. The third-order valence-corrected chi connectivity index (χ3v) is 4.43. The van der Waals surface area contributed by atoms with Gasteiger partial charge in [0.1, 0.15) is 5.56 Å². The van der Waals surface area contributed by atoms with Crippen LogP contribution in [0.4, 0.5) is 5.69 Å². The molecule has 1 amide bonds. The number of pyridine rings is 1. The van der Waals surface area contributed by atoms with E-state index in [9.17, 15) is 14.7 Å². The number of halogens is 1. The lowest BCUT2D eigenvalue weighted by Gasteiger charge is -2.09. The Morgan fingerprint density at radius 1 is 1.36 bits per heavy atom. The molecule has 0 aliphatic rings. The minimum atomic E-state index is -0.709. The molecule has 1 aromatic carbocycles. The Bertz CT molecular complexity index is 946. The molecule has 3 rings (SSSR count). The fourth-order valence-corrected chi connectivity index (χ4v) is 3.20. The van der Waals surface area contributed by atoms with Gasteiger partial charge in [0, 0.05) is 0 Å². The molecule has 0 fully saturated rings. The number of thiophene rings is 1. The van der Waals surface area contributed by atoms with Crippen LogP contribution in [0.2, 0.25) is 5.02 Å². The summed E-state index contributed by atoms with van der Waals surface area (Å²) >= 11 is 7.30. The summed E-state index contributed by atoms with van der Waals surface area (Å²) in [5.74, 6) is -1.03. The third-order valence-electron chi connectivity index (χ3n) is 3.19. The molecule has 0 atom stereocenters. The maximum atomic E-state index is 12.3. The van der Waals surface area contributed by atoms with Crippen molar-refractivity contribution in [3.63, 3.8) is 0 Å². The summed E-state index contributed by atoms with van der Waals surface area (Å²) in [6.07, 6.45) is 0. The molecule has 3 N–H and O–H groups in total. The third kappa shape index (κ3) is 2.47. The number of aryl methyl sites for hydroxylation is 1. The van der Waals surface area contributed by atoms with Crippen LogP contribution >= 0.6 is 22.9 Å². The number of carbonyl (C=O) groups excluding carboxylic acids is 1. The predicted octanol–water partition coefficient (Wildman–Crippen LogP) is 3.51. The second-order valence-electron chi connectivity index (χ2n) is 4.78. The Kier molecular flexibility index (Phi) is 3.64. The number of hydrogen-bond acceptors (Lipinski definition) is 4. The van der Waals surface area contributed by atoms with Gasteiger partial charge in [-0.3, -0.25) is 9.59 Å². The number of rotatable bonds is 2. The van der Waals surface area contributed by atoms with Crippen molar-refractivity contribution in [1.82, 2.24) is 4.98 Å². The van der Waals surface area contributed by atoms with Crippen LogP contribution in [0.25, 0.3) is 10.2 Å². The zero-order valence-corrected chi connectivity index (χ0v) is 13.0. The van der Waals surface area contributed by atoms with Crippen molar-refractivity contribution in [2.24, 2.45) is 0 Å². The number of aromatic amines is 1. The van der Waals surface area contributed by atoms with E-state index in [4.69, 9.17) is 11.6 Å². The molecule has 112 valence electrons. The van der Waals surface area contributed by atoms with Gasteiger partial charge in [-0.2, -0.15) is 0 Å². The van der Waals surface area contributed by atoms with Crippen LogP contribution in [-0.2, 0) is 0 Å². The Labute approximate surface area is 134 Å². The SMILES string of the molecule is Cc1ccc(NC(=O)c2c(O)c3sccc3[nH]c2=O)c(Cl)c1. The van der Waals surface area contributed by atoms with Crippen LogP contribution in [0.5, 0.6) is 5.75 Å². The molecule has 7 heteroatoms. The first-order valence-electron chi connectivity index (χ1n) is 6.37. The number of amides is 1. The normalized spacial score (nSPS) is 10.8. The fraction of sp³-hybridized carbons (Fsp3) is 0.0667. The lowest BCUT2D eigenvalue weighted by molar-refractivity contribution is 0.102. The highest BCUT2D eigenvalue weighted by molar-refractivity contribution is 7.17. The Morgan fingerprint density at radius 3 is 2.86 bits per heavy atom. The van der Waals surface area contributed by atoms with Crippen LogP contribution < -0.4 is 10.9 Å². The monoisotopic (exact) mass is 334 g/mol. The number of aromatic nitrogens is 1. The van der Waals surface area contributed by atoms with Crippen molar-refractivity contribution in [3.8, 4) is 5.75 Å². The average Bonchev–Trinajstić information content (AvgIpc) is 2.90. The first kappa shape index (κ1) is 14.6. The summed E-state index contributed by atoms with van der Waals surface area (Å²) in [6, 6.07) is 6.79. The van der Waals surface area contributed by atoms with Gasteiger partial charge in [0.2, 0.25) is 0 Å². The number of fused-ring (bicyclic) bond motifs is 1. The minimum absolute atomic E-state index is 0.325. The van der Waals surface area contributed by atoms with E-state index in [1.54, 1.807) is 29.6 Å². The summed E-state index contributed by atoms with van der Waals surface area (Å²) in [7, 11) is 0. The van der Waals surface area contributed by atoms with Crippen molar-refractivity contribution >= 4 is 44.7 Å². The summed E-state index contributed by atoms with van der Waals surface area (Å²) < 4.78 is 0.458. The van der Waals surface area contributed by atoms with Crippen molar-refractivity contribution in [2.75, 3.05) is 5.32 Å². The van der Waals surface area contributed by atoms with Gasteiger partial charge in [-0.1, -0.05) is 17.7 Å². The fourth-order valence-electron chi connectivity index (χ4n) is 2.11. The molecule has 0 saturated carbocycles. The number of nitrogens with one attached hydrogen (secondary N) is 2. The lowest BCUT2D eigenvalue weighted by atomic mass is 10.2. The maximum absolute atomic E-state index is 12.3. The van der Waals surface area contributed by atoms with Crippen molar-refractivity contribution in [2.45, 2.75) is 6.92 Å². The van der Waals surface area contributed by atoms with Crippen LogP contribution in [0, 0.1) is 6.92 Å². The Balaban J connectivity index is 2.03. The van der Waals surface area contributed by atoms with Crippen molar-refractivity contribution < 1.29 is 9.90 Å². The van der Waals surface area contributed by atoms with Gasteiger partial charge in [0.05, 0.1) is 20.9 Å². The highest BCUT2D eigenvalue weighted by atomic mass is 35.5. The molecule has 3 aromatic rings. The van der Waals surface area contributed by atoms with Gasteiger partial charge in [-0.05, 0) is 36.1 Å². The second kappa shape index (κ2) is 5.47. The largest absolute Gasteiger partial charge is 0.505 e. The van der Waals surface area contributed by atoms with Gasteiger partial charge in [-0.15, -0.1) is 11.3 Å². The zero-order valence-electron chi connectivity index (χ0n) is 11.4. The highest BCUT2D eigenvalue weighted by Gasteiger charge is 2.20. The first-order chi connectivity index (χ1) is 10.5. The predicted molar refractivity (Wildman–Crippen MR) is 88.3 cm³/mol. The van der Waals surface area contributed by atoms with Gasteiger partial charge in [0.25, 0.3) is 11.5 Å². The number of hydrogen-bond donors (Lipinski definition) is 3. The van der Waals surface area contributed by atoms with E-state index >= 15 is 0 Å². The molecule has 0 aliphatic carbocycles. The molecule has 2 aromatic heterocycles. The Morgan fingerprint density at radius 2 is 2.14 bits per heavy atom. The van der Waals surface area contributed by atoms with Crippen LogP contribution in [-0.4, -0.2) is 16.0 Å². The number of carbonyl (C=O) groups is 1. The quantitative estimate of drug-likeness (QED) is 0.670. The first-order valence-corrected chi connectivity index (χ1v) is 7.63. The summed E-state index contributed by atoms with van der Waals surface area (Å²) in [5, 5.41) is 14.8. The lowest BCUT2D eigenvalue weighted by Crippen LogP contribution is -2.23. The number of benzene rings is 1. The number of aromatic hydroxyl groups is 1. The van der Waals surface area contributed by atoms with E-state index < -0.39 is 11.5 Å². The molecule has 0 spiro atoms. The molecule has 0 saturated heterocycles. The van der Waals surface area contributed by atoms with E-state index in [-0.39, 0.29) is 11.3 Å². The van der Waals surface area contributed by atoms with Gasteiger partial charge >= 0.3 is 0 Å². The van der Waals surface area contributed by atoms with Gasteiger partial charge in [-0.25, -0.2) is 0 Å². The summed E-state index contributed by atoms with van der Waals surface area (Å²) in [4.78, 5) is 26.9. The smallest absolute Gasteiger partial charge is 0.265 e. The summed E-state index contributed by atoms with van der Waals surface area (Å²) in [5.41, 5.74) is 0.846. The number of anilines is 1. The van der Waals surface area contributed by atoms with E-state index in [0.29, 0.717) is 20.9 Å². The number of H-pyrrole nitrogens is 1. The topological polar surface area (TPSA) is 82.2 Å². The molecule has 0 unspecified atom stereocenters. The molecule has 22 heavy (non-hydrogen) atoms. The average molecular weight is 335 g/mol. The molecule has 5 nitrogen and oxygen atoms in total. The zero-order chi connectivity index (χ0) is 15.9. The molecule has 0 radical (unpaired) electrons. The highest BCUT2D eigenvalue weighted by Crippen LogP contribution is 2.30. The van der Waals surface area contributed by atoms with E-state index in [1.807, 2.05) is 6.92 Å². The maximum Gasteiger partial charge on any atom is 0.265 e. The standard InChI is InChI=1S/C15H11ClN2O3S/c1-7-2-3-9(8(16)6-7)17-14(20)11-12(19)13-10(4-5-22-13)18-15(11)21/h2-6H,1H3,(H,17,20)(H2,18,19,21). The molecule has 2 heterocycles. The van der Waals surface area contributed by atoms with E-state index in [0.717, 1.165) is 5.56 Å². The van der Waals surface area contributed by atoms with Crippen molar-refractivity contribution in [1.29, 1.82) is 0 Å². The van der Waals surface area contributed by atoms with Gasteiger partial charge in [0.15, 0.2) is 5.75 Å². The minimum Gasteiger partial charge on any atom is -0.505 e. The van der Waals surface area contributed by atoms with E-state index in [1.165, 1.54) is 11.3 Å². The van der Waals surface area contributed by atoms with Crippen molar-refractivity contribution in [3.05, 3.63) is 56.1 Å². The van der Waals surface area contributed by atoms with Crippen LogP contribution in [0.15, 0.2) is 34.4 Å². The van der Waals surface area contributed by atoms with Crippen LogP contribution in [0.3, 0.4) is 0 Å². The molecular weight excluding hydrogens is 324 g/mol. The van der Waals surface area contributed by atoms with Crippen LogP contribution in [0.1, 0.15) is 15.9 Å².